The molecule has 15 heavy (non-hydrogen) atoms. The molecule has 0 aliphatic carbocycles. The summed E-state index contributed by atoms with van der Waals surface area (Å²) >= 11 is 0. The summed E-state index contributed by atoms with van der Waals surface area (Å²) in [5.41, 5.74) is 0. The molecule has 2 N–H and O–H groups in total. The van der Waals surface area contributed by atoms with Crippen LogP contribution < -0.4 is 4.90 Å². The Morgan fingerprint density at radius 2 is 2.13 bits per heavy atom. The molecule has 6 heteroatoms. The van der Waals surface area contributed by atoms with Crippen LogP contribution in [-0.2, 0) is 4.79 Å². The Balaban J connectivity index is 2.24. The van der Waals surface area contributed by atoms with Gasteiger partial charge >= 0.3 is 5.97 Å². The maximum absolute atomic E-state index is 10.9. The van der Waals surface area contributed by atoms with Crippen LogP contribution in [0, 0.1) is 0 Å². The number of aliphatic hydroxyl groups is 1. The lowest BCUT2D eigenvalue weighted by molar-refractivity contribution is -0.138. The summed E-state index contributed by atoms with van der Waals surface area (Å²) < 4.78 is 0. The van der Waals surface area contributed by atoms with Gasteiger partial charge in [-0.15, -0.1) is 0 Å². The molecule has 2 rings (SSSR count). The van der Waals surface area contributed by atoms with E-state index in [1.54, 1.807) is 18.5 Å². The van der Waals surface area contributed by atoms with Gasteiger partial charge in [-0.1, -0.05) is 0 Å². The van der Waals surface area contributed by atoms with E-state index in [2.05, 4.69) is 9.97 Å². The van der Waals surface area contributed by atoms with Crippen LogP contribution in [0.3, 0.4) is 0 Å². The van der Waals surface area contributed by atoms with Crippen molar-refractivity contribution >= 4 is 11.9 Å². The minimum Gasteiger partial charge on any atom is -0.480 e. The molecule has 0 radical (unpaired) electrons. The van der Waals surface area contributed by atoms with E-state index in [0.717, 1.165) is 0 Å². The Morgan fingerprint density at radius 1 is 1.47 bits per heavy atom. The maximum Gasteiger partial charge on any atom is 0.326 e. The van der Waals surface area contributed by atoms with E-state index in [0.29, 0.717) is 5.95 Å². The van der Waals surface area contributed by atoms with E-state index in [1.165, 1.54) is 4.90 Å². The second kappa shape index (κ2) is 3.82. The number of β-amino-alcohol motifs (C(OH)–C–C–N with tert-alkyl or cyclic N) is 1. The molecule has 80 valence electrons. The predicted molar refractivity (Wildman–Crippen MR) is 51.4 cm³/mol. The summed E-state index contributed by atoms with van der Waals surface area (Å²) in [5.74, 6) is -0.611. The first-order valence-corrected chi connectivity index (χ1v) is 4.63. The number of aliphatic carboxylic acids is 1. The van der Waals surface area contributed by atoms with Gasteiger partial charge in [-0.2, -0.15) is 0 Å². The SMILES string of the molecule is O=C(O)[C@H]1C[C@@H](O)CN1c1ncccn1. The molecule has 1 fully saturated rings. The van der Waals surface area contributed by atoms with Gasteiger partial charge in [0.15, 0.2) is 0 Å². The van der Waals surface area contributed by atoms with Crippen molar-refractivity contribution in [3.05, 3.63) is 18.5 Å². The number of rotatable bonds is 2. The van der Waals surface area contributed by atoms with Crippen LogP contribution in [0.2, 0.25) is 0 Å². The molecule has 0 spiro atoms. The highest BCUT2D eigenvalue weighted by molar-refractivity contribution is 5.78. The number of aliphatic hydroxyl groups excluding tert-OH is 1. The summed E-state index contributed by atoms with van der Waals surface area (Å²) in [6, 6.07) is 0.925. The third-order valence-electron chi connectivity index (χ3n) is 2.37. The van der Waals surface area contributed by atoms with Gasteiger partial charge < -0.3 is 15.1 Å². The number of hydrogen-bond acceptors (Lipinski definition) is 5. The van der Waals surface area contributed by atoms with Crippen LogP contribution in [0.5, 0.6) is 0 Å². The summed E-state index contributed by atoms with van der Waals surface area (Å²) in [6.45, 7) is 0.265. The fourth-order valence-corrected chi connectivity index (χ4v) is 1.71. The van der Waals surface area contributed by atoms with E-state index in [4.69, 9.17) is 5.11 Å². The van der Waals surface area contributed by atoms with Gasteiger partial charge in [-0.3, -0.25) is 0 Å². The molecular weight excluding hydrogens is 198 g/mol. The summed E-state index contributed by atoms with van der Waals surface area (Å²) in [7, 11) is 0. The first-order chi connectivity index (χ1) is 7.18. The minimum absolute atomic E-state index is 0.216. The summed E-state index contributed by atoms with van der Waals surface area (Å²) in [5, 5.41) is 18.4. The van der Waals surface area contributed by atoms with E-state index in [1.807, 2.05) is 0 Å². The van der Waals surface area contributed by atoms with Crippen LogP contribution in [0.15, 0.2) is 18.5 Å². The minimum atomic E-state index is -0.959. The van der Waals surface area contributed by atoms with Crippen LogP contribution in [0.1, 0.15) is 6.42 Å². The number of anilines is 1. The fraction of sp³-hybridized carbons (Fsp3) is 0.444. The topological polar surface area (TPSA) is 86.5 Å². The van der Waals surface area contributed by atoms with Gasteiger partial charge in [0.1, 0.15) is 6.04 Å². The Morgan fingerprint density at radius 3 is 2.73 bits per heavy atom. The average Bonchev–Trinajstić information content (AvgIpc) is 2.62. The van der Waals surface area contributed by atoms with Gasteiger partial charge in [0.25, 0.3) is 0 Å². The first-order valence-electron chi connectivity index (χ1n) is 4.63. The molecular formula is C9H11N3O3. The zero-order valence-corrected chi connectivity index (χ0v) is 7.95. The number of carboxylic acids is 1. The molecule has 1 saturated heterocycles. The molecule has 1 aliphatic rings. The van der Waals surface area contributed by atoms with Gasteiger partial charge in [0, 0.05) is 25.4 Å². The highest BCUT2D eigenvalue weighted by Crippen LogP contribution is 2.22. The quantitative estimate of drug-likeness (QED) is 0.683. The monoisotopic (exact) mass is 209 g/mol. The van der Waals surface area contributed by atoms with Crippen LogP contribution in [0.25, 0.3) is 0 Å². The van der Waals surface area contributed by atoms with Crippen molar-refractivity contribution in [1.82, 2.24) is 9.97 Å². The van der Waals surface area contributed by atoms with Crippen molar-refractivity contribution in [2.24, 2.45) is 0 Å². The molecule has 6 nitrogen and oxygen atoms in total. The predicted octanol–water partition coefficient (Wildman–Crippen LogP) is -0.499. The molecule has 0 amide bonds. The third-order valence-corrected chi connectivity index (χ3v) is 2.37. The molecule has 1 aliphatic heterocycles. The number of aromatic nitrogens is 2. The molecule has 2 atom stereocenters. The Bertz CT molecular complexity index is 357. The molecule has 0 saturated carbocycles. The zero-order valence-electron chi connectivity index (χ0n) is 7.95. The van der Waals surface area contributed by atoms with Crippen molar-refractivity contribution < 1.29 is 15.0 Å². The molecule has 2 heterocycles. The highest BCUT2D eigenvalue weighted by atomic mass is 16.4. The van der Waals surface area contributed by atoms with E-state index < -0.39 is 18.1 Å². The molecule has 1 aromatic heterocycles. The Labute approximate surface area is 86.2 Å². The summed E-state index contributed by atoms with van der Waals surface area (Å²) in [6.07, 6.45) is 2.68. The van der Waals surface area contributed by atoms with E-state index in [9.17, 15) is 9.90 Å². The van der Waals surface area contributed by atoms with Crippen molar-refractivity contribution in [2.75, 3.05) is 11.4 Å². The molecule has 1 aromatic rings. The summed E-state index contributed by atoms with van der Waals surface area (Å²) in [4.78, 5) is 20.4. The largest absolute Gasteiger partial charge is 0.480 e. The third kappa shape index (κ3) is 1.89. The molecule has 0 bridgehead atoms. The number of carbonyl (C=O) groups is 1. The van der Waals surface area contributed by atoms with Gasteiger partial charge in [-0.25, -0.2) is 14.8 Å². The van der Waals surface area contributed by atoms with Crippen molar-refractivity contribution in [3.8, 4) is 0 Å². The van der Waals surface area contributed by atoms with E-state index >= 15 is 0 Å². The number of nitrogens with zero attached hydrogens (tertiary/aromatic N) is 3. The van der Waals surface area contributed by atoms with Crippen LogP contribution >= 0.6 is 0 Å². The second-order valence-corrected chi connectivity index (χ2v) is 3.44. The van der Waals surface area contributed by atoms with Crippen molar-refractivity contribution in [2.45, 2.75) is 18.6 Å². The lowest BCUT2D eigenvalue weighted by Gasteiger charge is -2.20. The Kier molecular flexibility index (Phi) is 2.51. The normalized spacial score (nSPS) is 25.5. The van der Waals surface area contributed by atoms with Crippen LogP contribution in [0.4, 0.5) is 5.95 Å². The smallest absolute Gasteiger partial charge is 0.326 e. The number of hydrogen-bond donors (Lipinski definition) is 2. The lowest BCUT2D eigenvalue weighted by Crippen LogP contribution is -2.37. The highest BCUT2D eigenvalue weighted by Gasteiger charge is 2.37. The molecule has 0 unspecified atom stereocenters. The number of carboxylic acid groups (broad SMARTS) is 1. The maximum atomic E-state index is 10.9. The van der Waals surface area contributed by atoms with Gasteiger partial charge in [-0.05, 0) is 6.07 Å². The zero-order chi connectivity index (χ0) is 10.8. The lowest BCUT2D eigenvalue weighted by atomic mass is 10.2. The second-order valence-electron chi connectivity index (χ2n) is 3.44. The van der Waals surface area contributed by atoms with Gasteiger partial charge in [0.05, 0.1) is 6.10 Å². The van der Waals surface area contributed by atoms with Gasteiger partial charge in [0.2, 0.25) is 5.95 Å². The standard InChI is InChI=1S/C9H11N3O3/c13-6-4-7(8(14)15)12(5-6)9-10-2-1-3-11-9/h1-3,6-7,13H,4-5H2,(H,14,15)/t6-,7-/m1/s1. The molecule has 0 aromatic carbocycles. The first kappa shape index (κ1) is 9.85. The van der Waals surface area contributed by atoms with Crippen molar-refractivity contribution in [3.63, 3.8) is 0 Å². The Hall–Kier alpha value is -1.69. The fourth-order valence-electron chi connectivity index (χ4n) is 1.71. The van der Waals surface area contributed by atoms with E-state index in [-0.39, 0.29) is 13.0 Å². The average molecular weight is 209 g/mol. The van der Waals surface area contributed by atoms with Crippen LogP contribution in [-0.4, -0.2) is 44.8 Å². The van der Waals surface area contributed by atoms with Crippen molar-refractivity contribution in [1.29, 1.82) is 0 Å².